The van der Waals surface area contributed by atoms with E-state index in [1.807, 2.05) is 24.3 Å². The summed E-state index contributed by atoms with van der Waals surface area (Å²) < 4.78 is 20.0. The van der Waals surface area contributed by atoms with Crippen LogP contribution in [0.3, 0.4) is 0 Å². The fourth-order valence-corrected chi connectivity index (χ4v) is 3.11. The summed E-state index contributed by atoms with van der Waals surface area (Å²) >= 11 is 3.42. The van der Waals surface area contributed by atoms with Gasteiger partial charge in [0.25, 0.3) is 0 Å². The number of rotatable bonds is 6. The molecule has 1 saturated carbocycles. The second kappa shape index (κ2) is 6.93. The average molecular weight is 392 g/mol. The Morgan fingerprint density at radius 2 is 1.88 bits per heavy atom. The van der Waals surface area contributed by atoms with E-state index in [9.17, 15) is 9.18 Å². The molecule has 0 aliphatic heterocycles. The molecule has 0 N–H and O–H groups in total. The Kier molecular flexibility index (Phi) is 4.90. The molecular weight excluding hydrogens is 373 g/mol. The first-order chi connectivity index (χ1) is 11.5. The number of hydrogen-bond donors (Lipinski definition) is 0. The summed E-state index contributed by atoms with van der Waals surface area (Å²) in [4.78, 5) is 14.5. The standard InChI is InChI=1S/C19H19BrFNO2/c1-22(12-13-24-17-5-3-2-4-16(17)21)18(23)19(10-11-19)14-6-8-15(20)9-7-14/h2-9H,10-13H2,1H3. The molecule has 126 valence electrons. The van der Waals surface area contributed by atoms with Crippen LogP contribution in [-0.4, -0.2) is 31.0 Å². The van der Waals surface area contributed by atoms with E-state index in [-0.39, 0.29) is 24.1 Å². The van der Waals surface area contributed by atoms with Crippen molar-refractivity contribution in [3.63, 3.8) is 0 Å². The van der Waals surface area contributed by atoms with Gasteiger partial charge in [0.15, 0.2) is 11.6 Å². The third-order valence-electron chi connectivity index (χ3n) is 4.42. The Labute approximate surface area is 149 Å². The van der Waals surface area contributed by atoms with Crippen molar-refractivity contribution >= 4 is 21.8 Å². The molecule has 1 aliphatic carbocycles. The van der Waals surface area contributed by atoms with Gasteiger partial charge in [-0.25, -0.2) is 4.39 Å². The van der Waals surface area contributed by atoms with Crippen molar-refractivity contribution < 1.29 is 13.9 Å². The fraction of sp³-hybridized carbons (Fsp3) is 0.316. The van der Waals surface area contributed by atoms with Crippen LogP contribution in [0.25, 0.3) is 0 Å². The highest BCUT2D eigenvalue weighted by molar-refractivity contribution is 9.10. The maximum Gasteiger partial charge on any atom is 0.233 e. The number of halogens is 2. The quantitative estimate of drug-likeness (QED) is 0.739. The van der Waals surface area contributed by atoms with Gasteiger partial charge < -0.3 is 9.64 Å². The van der Waals surface area contributed by atoms with E-state index < -0.39 is 5.41 Å². The summed E-state index contributed by atoms with van der Waals surface area (Å²) in [5, 5.41) is 0. The van der Waals surface area contributed by atoms with Crippen molar-refractivity contribution in [1.29, 1.82) is 0 Å². The molecule has 0 atom stereocenters. The second-order valence-corrected chi connectivity index (χ2v) is 7.01. The van der Waals surface area contributed by atoms with Crippen molar-refractivity contribution in [2.75, 3.05) is 20.2 Å². The molecule has 0 bridgehead atoms. The molecule has 2 aromatic rings. The molecule has 3 nitrogen and oxygen atoms in total. The van der Waals surface area contributed by atoms with Crippen LogP contribution in [0.15, 0.2) is 53.0 Å². The first-order valence-corrected chi connectivity index (χ1v) is 8.71. The van der Waals surface area contributed by atoms with Crippen molar-refractivity contribution in [2.45, 2.75) is 18.3 Å². The minimum absolute atomic E-state index is 0.0990. The van der Waals surface area contributed by atoms with Gasteiger partial charge in [-0.15, -0.1) is 0 Å². The van der Waals surface area contributed by atoms with Crippen LogP contribution in [0.5, 0.6) is 5.75 Å². The molecule has 1 amide bonds. The SMILES string of the molecule is CN(CCOc1ccccc1F)C(=O)C1(c2ccc(Br)cc2)CC1. The van der Waals surface area contributed by atoms with Crippen LogP contribution in [0.1, 0.15) is 18.4 Å². The van der Waals surface area contributed by atoms with E-state index in [1.165, 1.54) is 6.07 Å². The van der Waals surface area contributed by atoms with Gasteiger partial charge in [-0.3, -0.25) is 4.79 Å². The molecule has 0 aromatic heterocycles. The van der Waals surface area contributed by atoms with E-state index in [0.29, 0.717) is 6.54 Å². The van der Waals surface area contributed by atoms with Crippen LogP contribution in [0, 0.1) is 5.82 Å². The number of likely N-dealkylation sites (N-methyl/N-ethyl adjacent to an activating group) is 1. The van der Waals surface area contributed by atoms with Crippen LogP contribution in [0.4, 0.5) is 4.39 Å². The number of benzene rings is 2. The number of nitrogens with zero attached hydrogens (tertiary/aromatic N) is 1. The van der Waals surface area contributed by atoms with Gasteiger partial charge in [-0.1, -0.05) is 40.2 Å². The van der Waals surface area contributed by atoms with Crippen LogP contribution in [-0.2, 0) is 10.2 Å². The number of para-hydroxylation sites is 1. The highest BCUT2D eigenvalue weighted by Crippen LogP contribution is 2.49. The smallest absolute Gasteiger partial charge is 0.233 e. The van der Waals surface area contributed by atoms with Crippen LogP contribution >= 0.6 is 15.9 Å². The molecule has 5 heteroatoms. The lowest BCUT2D eigenvalue weighted by Crippen LogP contribution is -2.38. The molecule has 2 aromatic carbocycles. The Bertz CT molecular complexity index is 728. The molecule has 1 fully saturated rings. The topological polar surface area (TPSA) is 29.5 Å². The molecule has 0 unspecified atom stereocenters. The Morgan fingerprint density at radius 3 is 2.50 bits per heavy atom. The molecule has 1 aliphatic rings. The molecule has 0 radical (unpaired) electrons. The maximum absolute atomic E-state index is 13.5. The molecular formula is C19H19BrFNO2. The Morgan fingerprint density at radius 1 is 1.21 bits per heavy atom. The third kappa shape index (κ3) is 3.46. The van der Waals surface area contributed by atoms with E-state index in [2.05, 4.69) is 15.9 Å². The molecule has 24 heavy (non-hydrogen) atoms. The van der Waals surface area contributed by atoms with Gasteiger partial charge in [0, 0.05) is 11.5 Å². The molecule has 0 saturated heterocycles. The van der Waals surface area contributed by atoms with E-state index in [0.717, 1.165) is 22.9 Å². The fourth-order valence-electron chi connectivity index (χ4n) is 2.84. The largest absolute Gasteiger partial charge is 0.489 e. The number of amides is 1. The lowest BCUT2D eigenvalue weighted by atomic mass is 9.94. The molecule has 3 rings (SSSR count). The molecule has 0 heterocycles. The predicted molar refractivity (Wildman–Crippen MR) is 94.6 cm³/mol. The minimum Gasteiger partial charge on any atom is -0.489 e. The predicted octanol–water partition coefficient (Wildman–Crippen LogP) is 4.16. The number of hydrogen-bond acceptors (Lipinski definition) is 2. The lowest BCUT2D eigenvalue weighted by Gasteiger charge is -2.24. The average Bonchev–Trinajstić information content (AvgIpc) is 3.38. The van der Waals surface area contributed by atoms with Gasteiger partial charge in [0.1, 0.15) is 6.61 Å². The summed E-state index contributed by atoms with van der Waals surface area (Å²) in [6.07, 6.45) is 1.73. The van der Waals surface area contributed by atoms with Gasteiger partial charge >= 0.3 is 0 Å². The maximum atomic E-state index is 13.5. The highest BCUT2D eigenvalue weighted by Gasteiger charge is 2.52. The van der Waals surface area contributed by atoms with E-state index in [4.69, 9.17) is 4.74 Å². The van der Waals surface area contributed by atoms with Gasteiger partial charge in [-0.05, 0) is 42.7 Å². The first kappa shape index (κ1) is 17.0. The Hall–Kier alpha value is -1.88. The van der Waals surface area contributed by atoms with Crippen molar-refractivity contribution in [1.82, 2.24) is 4.90 Å². The van der Waals surface area contributed by atoms with Crippen molar-refractivity contribution in [3.05, 3.63) is 64.4 Å². The summed E-state index contributed by atoms with van der Waals surface area (Å²) in [7, 11) is 1.77. The highest BCUT2D eigenvalue weighted by atomic mass is 79.9. The minimum atomic E-state index is -0.395. The van der Waals surface area contributed by atoms with Crippen LogP contribution < -0.4 is 4.74 Å². The first-order valence-electron chi connectivity index (χ1n) is 7.92. The van der Waals surface area contributed by atoms with Crippen molar-refractivity contribution in [3.8, 4) is 5.75 Å². The molecule has 0 spiro atoms. The third-order valence-corrected chi connectivity index (χ3v) is 4.95. The van der Waals surface area contributed by atoms with Crippen LogP contribution in [0.2, 0.25) is 0 Å². The van der Waals surface area contributed by atoms with E-state index in [1.54, 1.807) is 30.1 Å². The lowest BCUT2D eigenvalue weighted by molar-refractivity contribution is -0.133. The Balaban J connectivity index is 1.59. The summed E-state index contributed by atoms with van der Waals surface area (Å²) in [6.45, 7) is 0.686. The number of carbonyl (C=O) groups is 1. The number of ether oxygens (including phenoxy) is 1. The zero-order chi connectivity index (χ0) is 17.2. The zero-order valence-electron chi connectivity index (χ0n) is 13.5. The summed E-state index contributed by atoms with van der Waals surface area (Å²) in [5.74, 6) is -0.0747. The zero-order valence-corrected chi connectivity index (χ0v) is 15.1. The summed E-state index contributed by atoms with van der Waals surface area (Å²) in [5.41, 5.74) is 0.658. The summed E-state index contributed by atoms with van der Waals surface area (Å²) in [6, 6.07) is 14.2. The van der Waals surface area contributed by atoms with Gasteiger partial charge in [-0.2, -0.15) is 0 Å². The van der Waals surface area contributed by atoms with Crippen molar-refractivity contribution in [2.24, 2.45) is 0 Å². The monoisotopic (exact) mass is 391 g/mol. The van der Waals surface area contributed by atoms with Gasteiger partial charge in [0.2, 0.25) is 5.91 Å². The second-order valence-electron chi connectivity index (χ2n) is 6.09. The number of carbonyl (C=O) groups excluding carboxylic acids is 1. The van der Waals surface area contributed by atoms with E-state index >= 15 is 0 Å². The normalized spacial score (nSPS) is 15.0. The van der Waals surface area contributed by atoms with Gasteiger partial charge in [0.05, 0.1) is 12.0 Å².